The molecule has 4 rings (SSSR count). The minimum atomic E-state index is 0.254. The Morgan fingerprint density at radius 1 is 0.962 bits per heavy atom. The molecule has 0 fully saturated rings. The molecule has 0 amide bonds. The Bertz CT molecular complexity index is 1050. The van der Waals surface area contributed by atoms with Crippen molar-refractivity contribution in [3.63, 3.8) is 0 Å². The van der Waals surface area contributed by atoms with Crippen LogP contribution in [0.3, 0.4) is 0 Å². The van der Waals surface area contributed by atoms with Crippen molar-refractivity contribution in [1.82, 2.24) is 15.3 Å². The van der Waals surface area contributed by atoms with Crippen LogP contribution in [-0.4, -0.2) is 22.4 Å². The van der Waals surface area contributed by atoms with Gasteiger partial charge in [-0.25, -0.2) is 0 Å². The van der Waals surface area contributed by atoms with Gasteiger partial charge in [-0.15, -0.1) is 0 Å². The molecular formula is C19H14ClN3O3. The van der Waals surface area contributed by atoms with E-state index in [1.807, 2.05) is 31.2 Å². The molecule has 0 spiro atoms. The van der Waals surface area contributed by atoms with E-state index in [1.165, 1.54) is 5.56 Å². The van der Waals surface area contributed by atoms with E-state index in [-0.39, 0.29) is 5.89 Å². The maximum Gasteiger partial charge on any atom is 0.280 e. The zero-order chi connectivity index (χ0) is 18.1. The smallest absolute Gasteiger partial charge is 0.280 e. The van der Waals surface area contributed by atoms with E-state index in [4.69, 9.17) is 25.4 Å². The van der Waals surface area contributed by atoms with Gasteiger partial charge in [-0.3, -0.25) is 0 Å². The maximum atomic E-state index is 6.06. The lowest BCUT2D eigenvalue weighted by Gasteiger charge is -2.04. The van der Waals surface area contributed by atoms with Gasteiger partial charge in [0.25, 0.3) is 5.89 Å². The summed E-state index contributed by atoms with van der Waals surface area (Å²) in [6.45, 7) is 2.03. The zero-order valence-electron chi connectivity index (χ0n) is 14.1. The summed E-state index contributed by atoms with van der Waals surface area (Å²) >= 11 is 6.06. The normalized spacial score (nSPS) is 10.9. The molecule has 4 aromatic rings. The van der Waals surface area contributed by atoms with E-state index in [2.05, 4.69) is 15.3 Å². The number of nitrogens with zero attached hydrogens (tertiary/aromatic N) is 3. The van der Waals surface area contributed by atoms with Crippen molar-refractivity contribution in [3.8, 4) is 40.0 Å². The van der Waals surface area contributed by atoms with Crippen molar-refractivity contribution in [2.24, 2.45) is 0 Å². The largest absolute Gasteiger partial charge is 0.496 e. The number of benzene rings is 2. The third-order valence-electron chi connectivity index (χ3n) is 3.89. The highest BCUT2D eigenvalue weighted by Crippen LogP contribution is 2.32. The predicted octanol–water partition coefficient (Wildman–Crippen LogP) is 5.03. The summed E-state index contributed by atoms with van der Waals surface area (Å²) in [5.74, 6) is 1.84. The molecule has 2 aromatic carbocycles. The number of aryl methyl sites for hydroxylation is 1. The second kappa shape index (κ2) is 6.65. The summed E-state index contributed by atoms with van der Waals surface area (Å²) in [5.41, 5.74) is 3.19. The second-order valence-corrected chi connectivity index (χ2v) is 6.15. The Kier molecular flexibility index (Phi) is 4.18. The molecule has 0 aliphatic rings. The Hall–Kier alpha value is -3.12. The number of halogens is 1. The van der Waals surface area contributed by atoms with E-state index in [9.17, 15) is 0 Å². The highest BCUT2D eigenvalue weighted by atomic mass is 35.5. The van der Waals surface area contributed by atoms with Gasteiger partial charge in [0.15, 0.2) is 11.5 Å². The van der Waals surface area contributed by atoms with E-state index >= 15 is 0 Å². The van der Waals surface area contributed by atoms with E-state index in [0.29, 0.717) is 33.6 Å². The molecule has 2 aromatic heterocycles. The first-order chi connectivity index (χ1) is 12.6. The first kappa shape index (κ1) is 16.4. The Balaban J connectivity index is 1.67. The minimum Gasteiger partial charge on any atom is -0.496 e. The van der Waals surface area contributed by atoms with E-state index < -0.39 is 0 Å². The van der Waals surface area contributed by atoms with Crippen molar-refractivity contribution in [2.45, 2.75) is 6.92 Å². The SMILES string of the molecule is COc1ccc(Cl)cc1-c1noc(-c2cc(-c3ccc(C)cc3)on2)n1. The first-order valence-electron chi connectivity index (χ1n) is 7.86. The van der Waals surface area contributed by atoms with Crippen LogP contribution in [0.1, 0.15) is 5.56 Å². The van der Waals surface area contributed by atoms with Crippen molar-refractivity contribution < 1.29 is 13.8 Å². The summed E-state index contributed by atoms with van der Waals surface area (Å²) in [7, 11) is 1.57. The summed E-state index contributed by atoms with van der Waals surface area (Å²) in [4.78, 5) is 4.38. The third kappa shape index (κ3) is 3.07. The molecule has 2 heterocycles. The summed E-state index contributed by atoms with van der Waals surface area (Å²) in [6.07, 6.45) is 0. The van der Waals surface area contributed by atoms with Crippen molar-refractivity contribution >= 4 is 11.6 Å². The fourth-order valence-electron chi connectivity index (χ4n) is 2.52. The van der Waals surface area contributed by atoms with Gasteiger partial charge < -0.3 is 13.8 Å². The van der Waals surface area contributed by atoms with Gasteiger partial charge in [0, 0.05) is 16.7 Å². The van der Waals surface area contributed by atoms with Crippen LogP contribution in [0.4, 0.5) is 0 Å². The van der Waals surface area contributed by atoms with Crippen LogP contribution in [0.5, 0.6) is 5.75 Å². The standard InChI is InChI=1S/C19H14ClN3O3/c1-11-3-5-12(6-4-11)17-10-15(22-25-17)19-21-18(23-26-19)14-9-13(20)7-8-16(14)24-2/h3-10H,1-2H3. The molecule has 0 aliphatic carbocycles. The highest BCUT2D eigenvalue weighted by Gasteiger charge is 2.18. The lowest BCUT2D eigenvalue weighted by atomic mass is 10.1. The Labute approximate surface area is 154 Å². The molecule has 0 unspecified atom stereocenters. The molecule has 0 radical (unpaired) electrons. The number of hydrogen-bond acceptors (Lipinski definition) is 6. The lowest BCUT2D eigenvalue weighted by molar-refractivity contribution is 0.408. The van der Waals surface area contributed by atoms with Crippen molar-refractivity contribution in [2.75, 3.05) is 7.11 Å². The molecule has 0 aliphatic heterocycles. The fourth-order valence-corrected chi connectivity index (χ4v) is 2.69. The fraction of sp³-hybridized carbons (Fsp3) is 0.105. The van der Waals surface area contributed by atoms with Gasteiger partial charge in [-0.05, 0) is 25.1 Å². The van der Waals surface area contributed by atoms with Gasteiger partial charge in [0.2, 0.25) is 5.82 Å². The number of ether oxygens (including phenoxy) is 1. The lowest BCUT2D eigenvalue weighted by Crippen LogP contribution is -1.89. The van der Waals surface area contributed by atoms with Crippen LogP contribution >= 0.6 is 11.6 Å². The molecular weight excluding hydrogens is 354 g/mol. The Morgan fingerprint density at radius 3 is 2.54 bits per heavy atom. The third-order valence-corrected chi connectivity index (χ3v) is 4.13. The molecule has 26 heavy (non-hydrogen) atoms. The van der Waals surface area contributed by atoms with E-state index in [1.54, 1.807) is 31.4 Å². The average Bonchev–Trinajstić information content (AvgIpc) is 3.32. The summed E-state index contributed by atoms with van der Waals surface area (Å²) in [5, 5.41) is 8.57. The number of hydrogen-bond donors (Lipinski definition) is 0. The van der Waals surface area contributed by atoms with Gasteiger partial charge >= 0.3 is 0 Å². The molecule has 0 atom stereocenters. The van der Waals surface area contributed by atoms with Gasteiger partial charge in [-0.2, -0.15) is 4.98 Å². The molecule has 6 nitrogen and oxygen atoms in total. The molecule has 0 bridgehead atoms. The number of rotatable bonds is 4. The monoisotopic (exact) mass is 367 g/mol. The highest BCUT2D eigenvalue weighted by molar-refractivity contribution is 6.30. The van der Waals surface area contributed by atoms with Crippen LogP contribution in [0.25, 0.3) is 34.3 Å². The summed E-state index contributed by atoms with van der Waals surface area (Å²) < 4.78 is 16.1. The van der Waals surface area contributed by atoms with Crippen molar-refractivity contribution in [3.05, 3.63) is 59.1 Å². The maximum absolute atomic E-state index is 6.06. The number of methoxy groups -OCH3 is 1. The first-order valence-corrected chi connectivity index (χ1v) is 8.23. The van der Waals surface area contributed by atoms with Crippen LogP contribution in [0, 0.1) is 6.92 Å². The van der Waals surface area contributed by atoms with Gasteiger partial charge in [0.1, 0.15) is 5.75 Å². The predicted molar refractivity (Wildman–Crippen MR) is 97.0 cm³/mol. The molecule has 7 heteroatoms. The van der Waals surface area contributed by atoms with Gasteiger partial charge in [0.05, 0.1) is 12.7 Å². The van der Waals surface area contributed by atoms with Crippen molar-refractivity contribution in [1.29, 1.82) is 0 Å². The van der Waals surface area contributed by atoms with Crippen LogP contribution in [0.15, 0.2) is 57.6 Å². The second-order valence-electron chi connectivity index (χ2n) is 5.71. The van der Waals surface area contributed by atoms with Crippen LogP contribution < -0.4 is 4.74 Å². The molecule has 0 saturated carbocycles. The quantitative estimate of drug-likeness (QED) is 0.503. The number of aromatic nitrogens is 3. The molecule has 130 valence electrons. The topological polar surface area (TPSA) is 74.2 Å². The summed E-state index contributed by atoms with van der Waals surface area (Å²) in [6, 6.07) is 14.9. The zero-order valence-corrected chi connectivity index (χ0v) is 14.8. The average molecular weight is 368 g/mol. The van der Waals surface area contributed by atoms with Crippen LogP contribution in [-0.2, 0) is 0 Å². The van der Waals surface area contributed by atoms with Gasteiger partial charge in [-0.1, -0.05) is 51.7 Å². The molecule has 0 saturated heterocycles. The van der Waals surface area contributed by atoms with Crippen LogP contribution in [0.2, 0.25) is 5.02 Å². The Morgan fingerprint density at radius 2 is 1.77 bits per heavy atom. The minimum absolute atomic E-state index is 0.254. The molecule has 0 N–H and O–H groups in total. The van der Waals surface area contributed by atoms with E-state index in [0.717, 1.165) is 5.56 Å².